The number of nitrogens with one attached hydrogen (secondary N) is 1. The van der Waals surface area contributed by atoms with Gasteiger partial charge in [0.05, 0.1) is 40.6 Å². The maximum atomic E-state index is 6.26. The molecule has 29 heavy (non-hydrogen) atoms. The molecule has 0 saturated carbocycles. The number of rotatable bonds is 5. The van der Waals surface area contributed by atoms with Crippen LogP contribution in [0.15, 0.2) is 48.9 Å². The van der Waals surface area contributed by atoms with Crippen LogP contribution in [0.1, 0.15) is 5.69 Å². The first-order chi connectivity index (χ1) is 14.0. The van der Waals surface area contributed by atoms with Crippen LogP contribution in [-0.4, -0.2) is 31.4 Å². The second-order valence-electron chi connectivity index (χ2n) is 6.42. The first kappa shape index (κ1) is 19.3. The van der Waals surface area contributed by atoms with E-state index >= 15 is 0 Å². The zero-order valence-corrected chi connectivity index (χ0v) is 17.5. The molecule has 0 bridgehead atoms. The van der Waals surface area contributed by atoms with Crippen molar-refractivity contribution in [2.45, 2.75) is 6.92 Å². The lowest BCUT2D eigenvalue weighted by Crippen LogP contribution is -2.00. The average molecular weight is 429 g/mol. The van der Waals surface area contributed by atoms with Gasteiger partial charge < -0.3 is 14.6 Å². The van der Waals surface area contributed by atoms with Gasteiger partial charge in [0.15, 0.2) is 5.82 Å². The highest BCUT2D eigenvalue weighted by atomic mass is 35.5. The van der Waals surface area contributed by atoms with E-state index in [1.807, 2.05) is 48.0 Å². The van der Waals surface area contributed by atoms with Crippen LogP contribution in [0.3, 0.4) is 0 Å². The van der Waals surface area contributed by atoms with Crippen molar-refractivity contribution in [2.75, 3.05) is 12.4 Å². The Balaban J connectivity index is 1.67. The number of ether oxygens (including phenoxy) is 1. The number of aromatic nitrogens is 5. The molecule has 0 aliphatic heterocycles. The molecule has 0 fully saturated rings. The van der Waals surface area contributed by atoms with Gasteiger partial charge in [0, 0.05) is 18.8 Å². The van der Waals surface area contributed by atoms with E-state index in [0.29, 0.717) is 33.3 Å². The third-order valence-electron chi connectivity index (χ3n) is 4.39. The molecule has 2 heterocycles. The van der Waals surface area contributed by atoms with Crippen LogP contribution in [0.25, 0.3) is 17.1 Å². The molecule has 4 rings (SSSR count). The zero-order valence-electron chi connectivity index (χ0n) is 16.0. The molecule has 0 saturated heterocycles. The minimum atomic E-state index is 0.431. The van der Waals surface area contributed by atoms with E-state index in [1.54, 1.807) is 31.2 Å². The summed E-state index contributed by atoms with van der Waals surface area (Å²) < 4.78 is 9.13. The van der Waals surface area contributed by atoms with Crippen molar-refractivity contribution in [3.63, 3.8) is 0 Å². The molecule has 0 amide bonds. The number of hydrogen-bond acceptors (Lipinski definition) is 5. The average Bonchev–Trinajstić information content (AvgIpc) is 3.31. The Morgan fingerprint density at radius 1 is 1.14 bits per heavy atom. The van der Waals surface area contributed by atoms with Gasteiger partial charge in [0.25, 0.3) is 0 Å². The van der Waals surface area contributed by atoms with Crippen LogP contribution in [0.5, 0.6) is 5.75 Å². The zero-order chi connectivity index (χ0) is 20.5. The molecule has 148 valence electrons. The van der Waals surface area contributed by atoms with Crippen molar-refractivity contribution < 1.29 is 4.74 Å². The van der Waals surface area contributed by atoms with Gasteiger partial charge in [-0.2, -0.15) is 4.98 Å². The lowest BCUT2D eigenvalue weighted by Gasteiger charge is -2.10. The number of benzene rings is 2. The standard InChI is InChI=1S/C20H18Cl2N6O/c1-12-10-28(11-23-12)16-8-7-13(9-17(16)29-3)19-25-20(27(2)26-19)24-15-6-4-5-14(21)18(15)22/h4-11H,1-3H3,(H,24,25,26). The summed E-state index contributed by atoms with van der Waals surface area (Å²) in [6.45, 7) is 1.94. The van der Waals surface area contributed by atoms with Crippen molar-refractivity contribution in [2.24, 2.45) is 7.05 Å². The second kappa shape index (κ2) is 7.77. The van der Waals surface area contributed by atoms with Gasteiger partial charge in [-0.05, 0) is 37.3 Å². The number of nitrogens with zero attached hydrogens (tertiary/aromatic N) is 5. The smallest absolute Gasteiger partial charge is 0.225 e. The van der Waals surface area contributed by atoms with E-state index in [0.717, 1.165) is 16.9 Å². The van der Waals surface area contributed by atoms with Crippen LogP contribution in [0.2, 0.25) is 10.0 Å². The Morgan fingerprint density at radius 3 is 2.69 bits per heavy atom. The van der Waals surface area contributed by atoms with Crippen LogP contribution < -0.4 is 10.1 Å². The summed E-state index contributed by atoms with van der Waals surface area (Å²) in [5, 5.41) is 8.57. The highest BCUT2D eigenvalue weighted by Crippen LogP contribution is 2.32. The molecule has 1 N–H and O–H groups in total. The third kappa shape index (κ3) is 3.79. The SMILES string of the molecule is COc1cc(-c2nc(Nc3cccc(Cl)c3Cl)n(C)n2)ccc1-n1cnc(C)c1. The topological polar surface area (TPSA) is 69.8 Å². The summed E-state index contributed by atoms with van der Waals surface area (Å²) in [4.78, 5) is 8.86. The van der Waals surface area contributed by atoms with Gasteiger partial charge in [-0.15, -0.1) is 5.10 Å². The van der Waals surface area contributed by atoms with Crippen molar-refractivity contribution in [1.29, 1.82) is 0 Å². The molecule has 7 nitrogen and oxygen atoms in total. The van der Waals surface area contributed by atoms with Crippen LogP contribution in [0, 0.1) is 6.92 Å². The molecule has 2 aromatic carbocycles. The number of hydrogen-bond donors (Lipinski definition) is 1. The molecule has 0 radical (unpaired) electrons. The van der Waals surface area contributed by atoms with Crippen LogP contribution >= 0.6 is 23.2 Å². The van der Waals surface area contributed by atoms with Gasteiger partial charge in [-0.1, -0.05) is 29.3 Å². The normalized spacial score (nSPS) is 10.9. The molecule has 4 aromatic rings. The van der Waals surface area contributed by atoms with Gasteiger partial charge in [0.1, 0.15) is 5.75 Å². The van der Waals surface area contributed by atoms with Crippen LogP contribution in [-0.2, 0) is 7.05 Å². The largest absolute Gasteiger partial charge is 0.495 e. The minimum absolute atomic E-state index is 0.431. The first-order valence-corrected chi connectivity index (χ1v) is 9.53. The van der Waals surface area contributed by atoms with Crippen molar-refractivity contribution in [3.05, 3.63) is 64.7 Å². The lowest BCUT2D eigenvalue weighted by atomic mass is 10.1. The number of imidazole rings is 1. The lowest BCUT2D eigenvalue weighted by molar-refractivity contribution is 0.413. The summed E-state index contributed by atoms with van der Waals surface area (Å²) in [7, 11) is 3.43. The van der Waals surface area contributed by atoms with Gasteiger partial charge >= 0.3 is 0 Å². The molecule has 0 unspecified atom stereocenters. The van der Waals surface area contributed by atoms with Gasteiger partial charge in [-0.25, -0.2) is 9.67 Å². The van der Waals surface area contributed by atoms with E-state index < -0.39 is 0 Å². The summed E-state index contributed by atoms with van der Waals surface area (Å²) in [6.07, 6.45) is 3.69. The fraction of sp³-hybridized carbons (Fsp3) is 0.150. The summed E-state index contributed by atoms with van der Waals surface area (Å²) in [5.74, 6) is 1.79. The Kier molecular flexibility index (Phi) is 5.17. The van der Waals surface area contributed by atoms with Crippen molar-refractivity contribution in [1.82, 2.24) is 24.3 Å². The summed E-state index contributed by atoms with van der Waals surface area (Å²) in [6, 6.07) is 11.2. The molecule has 0 aliphatic rings. The van der Waals surface area contributed by atoms with E-state index in [2.05, 4.69) is 20.4 Å². The maximum Gasteiger partial charge on any atom is 0.225 e. The van der Waals surface area contributed by atoms with E-state index in [9.17, 15) is 0 Å². The molecular formula is C20H18Cl2N6O. The first-order valence-electron chi connectivity index (χ1n) is 8.77. The number of halogens is 2. The van der Waals surface area contributed by atoms with E-state index in [4.69, 9.17) is 27.9 Å². The Morgan fingerprint density at radius 2 is 1.97 bits per heavy atom. The molecule has 9 heteroatoms. The van der Waals surface area contributed by atoms with E-state index in [1.165, 1.54) is 0 Å². The van der Waals surface area contributed by atoms with E-state index in [-0.39, 0.29) is 0 Å². The Labute approximate surface area is 177 Å². The van der Waals surface area contributed by atoms with Crippen LogP contribution in [0.4, 0.5) is 11.6 Å². The number of aryl methyl sites for hydroxylation is 2. The Hall–Kier alpha value is -3.03. The monoisotopic (exact) mass is 428 g/mol. The molecule has 0 aliphatic carbocycles. The van der Waals surface area contributed by atoms with Gasteiger partial charge in [0.2, 0.25) is 5.95 Å². The third-order valence-corrected chi connectivity index (χ3v) is 5.21. The van der Waals surface area contributed by atoms with Crippen molar-refractivity contribution in [3.8, 4) is 22.8 Å². The second-order valence-corrected chi connectivity index (χ2v) is 7.20. The number of anilines is 2. The number of methoxy groups -OCH3 is 1. The Bertz CT molecular complexity index is 1180. The molecule has 2 aromatic heterocycles. The fourth-order valence-electron chi connectivity index (χ4n) is 2.92. The minimum Gasteiger partial charge on any atom is -0.495 e. The summed E-state index contributed by atoms with van der Waals surface area (Å²) >= 11 is 12.3. The predicted octanol–water partition coefficient (Wildman–Crippen LogP) is 5.04. The maximum absolute atomic E-state index is 6.26. The highest BCUT2D eigenvalue weighted by molar-refractivity contribution is 6.43. The predicted molar refractivity (Wildman–Crippen MR) is 115 cm³/mol. The van der Waals surface area contributed by atoms with Gasteiger partial charge in [-0.3, -0.25) is 0 Å². The quantitative estimate of drug-likeness (QED) is 0.482. The molecule has 0 spiro atoms. The molecule has 0 atom stereocenters. The van der Waals surface area contributed by atoms with Crippen molar-refractivity contribution >= 4 is 34.8 Å². The molecular weight excluding hydrogens is 411 g/mol. The summed E-state index contributed by atoms with van der Waals surface area (Å²) in [5.41, 5.74) is 3.29. The fourth-order valence-corrected chi connectivity index (χ4v) is 3.27. The highest BCUT2D eigenvalue weighted by Gasteiger charge is 2.14.